The van der Waals surface area contributed by atoms with Crippen molar-refractivity contribution >= 4 is 32.4 Å². The molecule has 3 nitrogen and oxygen atoms in total. The highest BCUT2D eigenvalue weighted by Crippen LogP contribution is 2.32. The van der Waals surface area contributed by atoms with E-state index in [1.807, 2.05) is 0 Å². The number of hydrogen-bond donors (Lipinski definition) is 1. The number of nitrogen functional groups attached to an aromatic ring is 1. The van der Waals surface area contributed by atoms with Crippen LogP contribution in [0.2, 0.25) is 0 Å². The zero-order chi connectivity index (χ0) is 11.0. The molecule has 0 bridgehead atoms. The number of aromatic nitrogens is 2. The summed E-state index contributed by atoms with van der Waals surface area (Å²) < 4.78 is 27.1. The van der Waals surface area contributed by atoms with Crippen LogP contribution in [-0.4, -0.2) is 10.2 Å². The highest BCUT2D eigenvalue weighted by Gasteiger charge is 2.17. The summed E-state index contributed by atoms with van der Waals surface area (Å²) in [6, 6.07) is 2.44. The van der Waals surface area contributed by atoms with Gasteiger partial charge >= 0.3 is 0 Å². The predicted molar refractivity (Wildman–Crippen MR) is 57.4 cm³/mol. The molecule has 0 atom stereocenters. The van der Waals surface area contributed by atoms with E-state index in [1.165, 1.54) is 6.07 Å². The van der Waals surface area contributed by atoms with Crippen molar-refractivity contribution in [2.24, 2.45) is 0 Å². The second-order valence-electron chi connectivity index (χ2n) is 2.66. The van der Waals surface area contributed by atoms with E-state index in [0.717, 1.165) is 17.4 Å². The Balaban J connectivity index is 2.66. The molecule has 1 aromatic carbocycles. The first-order valence-electron chi connectivity index (χ1n) is 3.82. The minimum atomic E-state index is -0.703. The maximum absolute atomic E-state index is 13.6. The molecule has 0 aliphatic rings. The molecule has 0 fully saturated rings. The van der Waals surface area contributed by atoms with Crippen LogP contribution in [0, 0.1) is 11.6 Å². The summed E-state index contributed by atoms with van der Waals surface area (Å²) >= 11 is 3.90. The Labute approximate surface area is 96.1 Å². The first-order chi connectivity index (χ1) is 7.09. The first-order valence-corrected chi connectivity index (χ1v) is 5.43. The Morgan fingerprint density at radius 2 is 2.00 bits per heavy atom. The van der Waals surface area contributed by atoms with Gasteiger partial charge in [-0.1, -0.05) is 11.3 Å². The summed E-state index contributed by atoms with van der Waals surface area (Å²) in [6.07, 6.45) is 0. The molecule has 2 aromatic rings. The molecule has 1 heterocycles. The highest BCUT2D eigenvalue weighted by molar-refractivity contribution is 9.10. The van der Waals surface area contributed by atoms with Gasteiger partial charge in [0.1, 0.15) is 5.82 Å². The van der Waals surface area contributed by atoms with Gasteiger partial charge in [-0.15, -0.1) is 10.2 Å². The fourth-order valence-electron chi connectivity index (χ4n) is 1.06. The van der Waals surface area contributed by atoms with E-state index in [1.54, 1.807) is 0 Å². The zero-order valence-corrected chi connectivity index (χ0v) is 9.57. The molecule has 78 valence electrons. The van der Waals surface area contributed by atoms with Crippen molar-refractivity contribution in [2.45, 2.75) is 0 Å². The van der Waals surface area contributed by atoms with Gasteiger partial charge in [0.05, 0.1) is 10.0 Å². The zero-order valence-electron chi connectivity index (χ0n) is 7.17. The largest absolute Gasteiger partial charge is 0.374 e. The number of rotatable bonds is 1. The Morgan fingerprint density at radius 1 is 1.27 bits per heavy atom. The summed E-state index contributed by atoms with van der Waals surface area (Å²) in [4.78, 5) is 0. The third-order valence-corrected chi connectivity index (χ3v) is 3.08. The second kappa shape index (κ2) is 3.82. The molecule has 1 aromatic heterocycles. The number of hydrogen-bond acceptors (Lipinski definition) is 4. The molecule has 2 N–H and O–H groups in total. The third-order valence-electron chi connectivity index (χ3n) is 1.70. The Morgan fingerprint density at radius 3 is 2.60 bits per heavy atom. The van der Waals surface area contributed by atoms with Crippen molar-refractivity contribution in [3.05, 3.63) is 28.2 Å². The monoisotopic (exact) mass is 291 g/mol. The van der Waals surface area contributed by atoms with E-state index < -0.39 is 11.6 Å². The number of nitrogens with two attached hydrogens (primary N) is 1. The summed E-state index contributed by atoms with van der Waals surface area (Å²) in [5, 5.41) is 7.39. The van der Waals surface area contributed by atoms with Gasteiger partial charge in [-0.25, -0.2) is 8.78 Å². The van der Waals surface area contributed by atoms with Crippen LogP contribution < -0.4 is 5.73 Å². The smallest absolute Gasteiger partial charge is 0.203 e. The van der Waals surface area contributed by atoms with Crippen LogP contribution in [-0.2, 0) is 0 Å². The molecular formula is C8H4BrF2N3S. The minimum Gasteiger partial charge on any atom is -0.374 e. The van der Waals surface area contributed by atoms with Gasteiger partial charge in [0, 0.05) is 0 Å². The lowest BCUT2D eigenvalue weighted by Crippen LogP contribution is -1.90. The molecule has 7 heteroatoms. The number of nitrogens with zero attached hydrogens (tertiary/aromatic N) is 2. The quantitative estimate of drug-likeness (QED) is 0.822. The molecule has 0 radical (unpaired) electrons. The van der Waals surface area contributed by atoms with E-state index in [-0.39, 0.29) is 20.2 Å². The minimum absolute atomic E-state index is 0.129. The van der Waals surface area contributed by atoms with Gasteiger partial charge in [0.2, 0.25) is 5.13 Å². The summed E-state index contributed by atoms with van der Waals surface area (Å²) in [5.41, 5.74) is 5.13. The van der Waals surface area contributed by atoms with Crippen molar-refractivity contribution in [3.63, 3.8) is 0 Å². The summed E-state index contributed by atoms with van der Waals surface area (Å²) in [6.45, 7) is 0. The lowest BCUT2D eigenvalue weighted by molar-refractivity contribution is 0.585. The fraction of sp³-hybridized carbons (Fsp3) is 0. The van der Waals surface area contributed by atoms with Crippen LogP contribution in [0.5, 0.6) is 0 Å². The highest BCUT2D eigenvalue weighted by atomic mass is 79.9. The van der Waals surface area contributed by atoms with Crippen molar-refractivity contribution < 1.29 is 8.78 Å². The number of anilines is 1. The SMILES string of the molecule is Nc1nnc(-c2c(F)ccc(Br)c2F)s1. The average molecular weight is 292 g/mol. The van der Waals surface area contributed by atoms with E-state index >= 15 is 0 Å². The van der Waals surface area contributed by atoms with Gasteiger partial charge in [-0.3, -0.25) is 0 Å². The van der Waals surface area contributed by atoms with E-state index in [9.17, 15) is 8.78 Å². The fourth-order valence-corrected chi connectivity index (χ4v) is 2.04. The Kier molecular flexibility index (Phi) is 2.66. The topological polar surface area (TPSA) is 51.8 Å². The number of benzene rings is 1. The van der Waals surface area contributed by atoms with Crippen molar-refractivity contribution in [1.82, 2.24) is 10.2 Å². The second-order valence-corrected chi connectivity index (χ2v) is 4.53. The summed E-state index contributed by atoms with van der Waals surface area (Å²) in [5.74, 6) is -1.39. The molecule has 0 unspecified atom stereocenters. The van der Waals surface area contributed by atoms with Gasteiger partial charge in [0.25, 0.3) is 0 Å². The molecule has 15 heavy (non-hydrogen) atoms. The lowest BCUT2D eigenvalue weighted by atomic mass is 10.2. The normalized spacial score (nSPS) is 10.6. The Hall–Kier alpha value is -1.08. The molecule has 0 aliphatic heterocycles. The molecular weight excluding hydrogens is 288 g/mol. The Bertz CT molecular complexity index is 515. The molecule has 2 rings (SSSR count). The van der Waals surface area contributed by atoms with Crippen LogP contribution in [0.4, 0.5) is 13.9 Å². The predicted octanol–water partition coefficient (Wildman–Crippen LogP) is 2.83. The third kappa shape index (κ3) is 1.84. The molecule has 0 spiro atoms. The summed E-state index contributed by atoms with van der Waals surface area (Å²) in [7, 11) is 0. The average Bonchev–Trinajstić information content (AvgIpc) is 2.59. The van der Waals surface area contributed by atoms with Crippen molar-refractivity contribution in [3.8, 4) is 10.6 Å². The molecule has 0 saturated heterocycles. The van der Waals surface area contributed by atoms with Crippen molar-refractivity contribution in [2.75, 3.05) is 5.73 Å². The number of halogens is 3. The van der Waals surface area contributed by atoms with Gasteiger partial charge in [0.15, 0.2) is 10.8 Å². The van der Waals surface area contributed by atoms with Crippen LogP contribution in [0.15, 0.2) is 16.6 Å². The van der Waals surface area contributed by atoms with Crippen LogP contribution >= 0.6 is 27.3 Å². The van der Waals surface area contributed by atoms with Gasteiger partial charge < -0.3 is 5.73 Å². The maximum Gasteiger partial charge on any atom is 0.203 e. The van der Waals surface area contributed by atoms with E-state index in [2.05, 4.69) is 26.1 Å². The van der Waals surface area contributed by atoms with Crippen LogP contribution in [0.25, 0.3) is 10.6 Å². The van der Waals surface area contributed by atoms with Gasteiger partial charge in [-0.05, 0) is 28.1 Å². The molecule has 0 aliphatic carbocycles. The molecule has 0 saturated carbocycles. The van der Waals surface area contributed by atoms with Gasteiger partial charge in [-0.2, -0.15) is 0 Å². The standard InChI is InChI=1S/C8H4BrF2N3S/c9-3-1-2-4(10)5(6(3)11)7-13-14-8(12)15-7/h1-2H,(H2,12,14). The van der Waals surface area contributed by atoms with Crippen LogP contribution in [0.1, 0.15) is 0 Å². The first kappa shape index (κ1) is 10.4. The lowest BCUT2D eigenvalue weighted by Gasteiger charge is -2.01. The van der Waals surface area contributed by atoms with Crippen molar-refractivity contribution in [1.29, 1.82) is 0 Å². The molecule has 0 amide bonds. The maximum atomic E-state index is 13.6. The van der Waals surface area contributed by atoms with E-state index in [0.29, 0.717) is 0 Å². The van der Waals surface area contributed by atoms with E-state index in [4.69, 9.17) is 5.73 Å². The van der Waals surface area contributed by atoms with Crippen LogP contribution in [0.3, 0.4) is 0 Å².